The largest absolute Gasteiger partial charge is 0.414 e. The lowest BCUT2D eigenvalue weighted by Gasteiger charge is -2.15. The second kappa shape index (κ2) is 14.3. The molecule has 0 spiro atoms. The van der Waals surface area contributed by atoms with Crippen LogP contribution in [0.5, 0.6) is 0 Å². The molecule has 11 nitrogen and oxygen atoms in total. The second-order valence-electron chi connectivity index (χ2n) is 11.2. The number of aromatic nitrogens is 4. The lowest BCUT2D eigenvalue weighted by atomic mass is 10.2. The van der Waals surface area contributed by atoms with Crippen LogP contribution >= 0.6 is 0 Å². The minimum Gasteiger partial charge on any atom is -0.369 e. The van der Waals surface area contributed by atoms with Crippen molar-refractivity contribution >= 4 is 22.8 Å². The third kappa shape index (κ3) is 10.2. The van der Waals surface area contributed by atoms with E-state index in [1.807, 2.05) is 0 Å². The van der Waals surface area contributed by atoms with Gasteiger partial charge in [-0.15, -0.1) is 0 Å². The van der Waals surface area contributed by atoms with Gasteiger partial charge in [-0.1, -0.05) is 11.2 Å². The number of alkyl halides is 5. The Hall–Kier alpha value is -4.13. The number of aromatic amines is 1. The number of H-pyrrole nitrogens is 1. The lowest BCUT2D eigenvalue weighted by Crippen LogP contribution is -2.29. The Morgan fingerprint density at radius 2 is 1.93 bits per heavy atom. The van der Waals surface area contributed by atoms with Crippen molar-refractivity contribution in [2.24, 2.45) is 11.8 Å². The Kier molecular flexibility index (Phi) is 10.7. The SMILES string of the molecule is CC(OCCc1nc2ccc(CNC(=O)CC3CC3(F)F)cc2[nH]1)C(F)(F)F.CNC(=O)c1nonc1C1CC1.N#CC1CC1. The Morgan fingerprint density at radius 1 is 1.22 bits per heavy atom. The smallest absolute Gasteiger partial charge is 0.369 e. The number of carbonyl (C=O) groups excluding carboxylic acids is 2. The molecule has 0 aliphatic heterocycles. The van der Waals surface area contributed by atoms with E-state index in [-0.39, 0.29) is 38.3 Å². The number of hydrogen-bond donors (Lipinski definition) is 3. The highest BCUT2D eigenvalue weighted by Gasteiger charge is 2.57. The third-order valence-corrected chi connectivity index (χ3v) is 7.32. The van der Waals surface area contributed by atoms with E-state index in [9.17, 15) is 31.5 Å². The highest BCUT2D eigenvalue weighted by molar-refractivity contribution is 5.93. The number of hydrogen-bond acceptors (Lipinski definition) is 8. The molecule has 2 amide bonds. The zero-order valence-corrected chi connectivity index (χ0v) is 24.7. The minimum absolute atomic E-state index is 0.130. The van der Waals surface area contributed by atoms with Crippen molar-refractivity contribution in [1.82, 2.24) is 30.9 Å². The van der Waals surface area contributed by atoms with Gasteiger partial charge in [0.25, 0.3) is 11.8 Å². The average molecular weight is 640 g/mol. The maximum atomic E-state index is 12.8. The molecule has 2 aromatic heterocycles. The number of benzene rings is 1. The highest BCUT2D eigenvalue weighted by atomic mass is 19.4. The first-order valence-corrected chi connectivity index (χ1v) is 14.5. The summed E-state index contributed by atoms with van der Waals surface area (Å²) in [4.78, 5) is 30.2. The second-order valence-corrected chi connectivity index (χ2v) is 11.2. The molecule has 0 radical (unpaired) electrons. The van der Waals surface area contributed by atoms with Gasteiger partial charge in [-0.3, -0.25) is 9.59 Å². The topological polar surface area (TPSA) is 159 Å². The number of nitriles is 1. The quantitative estimate of drug-likeness (QED) is 0.263. The van der Waals surface area contributed by atoms with E-state index in [1.165, 1.54) is 0 Å². The van der Waals surface area contributed by atoms with Crippen LogP contribution in [0.3, 0.4) is 0 Å². The van der Waals surface area contributed by atoms with E-state index >= 15 is 0 Å². The molecule has 16 heteroatoms. The van der Waals surface area contributed by atoms with Crippen molar-refractivity contribution in [3.8, 4) is 6.07 Å². The van der Waals surface area contributed by atoms with Crippen LogP contribution in [0.15, 0.2) is 22.8 Å². The van der Waals surface area contributed by atoms with Crippen LogP contribution in [0.1, 0.15) is 78.9 Å². The molecule has 0 saturated heterocycles. The number of fused-ring (bicyclic) bond motifs is 1. The molecular formula is C29H34F5N7O4. The van der Waals surface area contributed by atoms with Gasteiger partial charge in [-0.2, -0.15) is 18.4 Å². The first-order chi connectivity index (χ1) is 21.3. The molecule has 3 N–H and O–H groups in total. The number of nitrogens with one attached hydrogen (secondary N) is 3. The molecule has 244 valence electrons. The van der Waals surface area contributed by atoms with Crippen LogP contribution in [-0.4, -0.2) is 64.0 Å². The molecule has 3 aliphatic rings. The summed E-state index contributed by atoms with van der Waals surface area (Å²) in [5.74, 6) is -2.92. The van der Waals surface area contributed by atoms with Crippen LogP contribution < -0.4 is 10.6 Å². The average Bonchev–Trinajstić information content (AvgIpc) is 3.96. The van der Waals surface area contributed by atoms with Crippen molar-refractivity contribution < 1.29 is 40.9 Å². The lowest BCUT2D eigenvalue weighted by molar-refractivity contribution is -0.213. The van der Waals surface area contributed by atoms with Gasteiger partial charge in [0, 0.05) is 50.6 Å². The molecule has 3 saturated carbocycles. The van der Waals surface area contributed by atoms with Gasteiger partial charge in [0.2, 0.25) is 5.91 Å². The third-order valence-electron chi connectivity index (χ3n) is 7.32. The first-order valence-electron chi connectivity index (χ1n) is 14.5. The zero-order chi connectivity index (χ0) is 32.8. The van der Waals surface area contributed by atoms with Gasteiger partial charge >= 0.3 is 6.18 Å². The van der Waals surface area contributed by atoms with Gasteiger partial charge < -0.3 is 20.4 Å². The Balaban J connectivity index is 0.000000219. The summed E-state index contributed by atoms with van der Waals surface area (Å²) in [6.07, 6.45) is -2.03. The molecular weight excluding hydrogens is 605 g/mol. The summed E-state index contributed by atoms with van der Waals surface area (Å²) in [5.41, 5.74) is 3.08. The number of halogens is 5. The van der Waals surface area contributed by atoms with E-state index < -0.39 is 30.0 Å². The van der Waals surface area contributed by atoms with E-state index in [0.717, 1.165) is 38.2 Å². The predicted octanol–water partition coefficient (Wildman–Crippen LogP) is 4.96. The molecule has 1 aromatic carbocycles. The van der Waals surface area contributed by atoms with Crippen LogP contribution in [-0.2, 0) is 22.5 Å². The van der Waals surface area contributed by atoms with Gasteiger partial charge in [0.15, 0.2) is 11.8 Å². The summed E-state index contributed by atoms with van der Waals surface area (Å²) in [5, 5.41) is 20.3. The summed E-state index contributed by atoms with van der Waals surface area (Å²) in [6, 6.07) is 7.34. The van der Waals surface area contributed by atoms with E-state index in [0.29, 0.717) is 40.1 Å². The molecule has 2 atom stereocenters. The van der Waals surface area contributed by atoms with Crippen LogP contribution in [0, 0.1) is 23.2 Å². The summed E-state index contributed by atoms with van der Waals surface area (Å²) in [7, 11) is 1.56. The van der Waals surface area contributed by atoms with E-state index in [1.54, 1.807) is 25.2 Å². The van der Waals surface area contributed by atoms with Gasteiger partial charge in [-0.05, 0) is 55.5 Å². The van der Waals surface area contributed by atoms with Gasteiger partial charge in [0.1, 0.15) is 11.5 Å². The van der Waals surface area contributed by atoms with E-state index in [4.69, 9.17) is 10.00 Å². The van der Waals surface area contributed by atoms with Crippen molar-refractivity contribution in [2.75, 3.05) is 13.7 Å². The number of carbonyl (C=O) groups is 2. The number of amides is 2. The predicted molar refractivity (Wildman–Crippen MR) is 149 cm³/mol. The fourth-order valence-electron chi connectivity index (χ4n) is 4.06. The molecule has 2 heterocycles. The zero-order valence-electron chi connectivity index (χ0n) is 24.7. The summed E-state index contributed by atoms with van der Waals surface area (Å²) in [6.45, 7) is 1.01. The monoisotopic (exact) mass is 639 g/mol. The normalized spacial score (nSPS) is 18.8. The molecule has 3 aliphatic carbocycles. The van der Waals surface area contributed by atoms with Crippen molar-refractivity contribution in [3.05, 3.63) is 41.0 Å². The Bertz CT molecular complexity index is 1510. The number of nitrogens with zero attached hydrogens (tertiary/aromatic N) is 4. The molecule has 0 bridgehead atoms. The Labute approximate surface area is 255 Å². The molecule has 3 aromatic rings. The van der Waals surface area contributed by atoms with Crippen molar-refractivity contribution in [3.63, 3.8) is 0 Å². The maximum Gasteiger partial charge on any atom is 0.414 e. The van der Waals surface area contributed by atoms with Crippen LogP contribution in [0.2, 0.25) is 0 Å². The number of rotatable bonds is 10. The number of imidazole rings is 1. The highest BCUT2D eigenvalue weighted by Crippen LogP contribution is 2.50. The molecule has 2 unspecified atom stereocenters. The summed E-state index contributed by atoms with van der Waals surface area (Å²) >= 11 is 0. The molecule has 6 rings (SSSR count). The maximum absolute atomic E-state index is 12.8. The van der Waals surface area contributed by atoms with Crippen LogP contribution in [0.4, 0.5) is 22.0 Å². The fraction of sp³-hybridized carbons (Fsp3) is 0.586. The van der Waals surface area contributed by atoms with Gasteiger partial charge in [0.05, 0.1) is 23.7 Å². The fourth-order valence-corrected chi connectivity index (χ4v) is 4.06. The van der Waals surface area contributed by atoms with Crippen molar-refractivity contribution in [1.29, 1.82) is 5.26 Å². The standard InChI is InChI=1S/C18H20F5N3O2.C7H9N3O2.C4H5N/c1-10(18(21,22)23)28-5-4-15-25-13-3-2-11(6-14(13)26-15)9-24-16(27)7-12-8-17(12,19)20;1-8-7(11)6-5(4-2-3-4)9-12-10-6;5-3-4-1-2-4/h2-3,6,10,12H,4-5,7-9H2,1H3,(H,24,27)(H,25,26);4H,2-3H2,1H3,(H,8,11);4H,1-2H2. The summed E-state index contributed by atoms with van der Waals surface area (Å²) < 4.78 is 72.2. The molecule has 3 fully saturated rings. The number of ether oxygens (including phenoxy) is 1. The van der Waals surface area contributed by atoms with Gasteiger partial charge in [-0.25, -0.2) is 18.4 Å². The molecule has 45 heavy (non-hydrogen) atoms. The van der Waals surface area contributed by atoms with Crippen molar-refractivity contribution in [2.45, 2.75) is 82.5 Å². The Morgan fingerprint density at radius 3 is 2.49 bits per heavy atom. The minimum atomic E-state index is -4.40. The van der Waals surface area contributed by atoms with E-state index in [2.05, 4.69) is 41.6 Å². The van der Waals surface area contributed by atoms with Crippen LogP contribution in [0.25, 0.3) is 11.0 Å². The first kappa shape index (κ1) is 33.8.